The van der Waals surface area contributed by atoms with Crippen LogP contribution in [0.2, 0.25) is 0 Å². The molecule has 1 heterocycles. The van der Waals surface area contributed by atoms with Crippen molar-refractivity contribution in [3.05, 3.63) is 24.3 Å². The minimum absolute atomic E-state index is 0.0210. The van der Waals surface area contributed by atoms with Gasteiger partial charge in [0.1, 0.15) is 6.61 Å². The van der Waals surface area contributed by atoms with Crippen molar-refractivity contribution < 1.29 is 14.3 Å². The Balaban J connectivity index is 1.86. The second-order valence-electron chi connectivity index (χ2n) is 5.09. The summed E-state index contributed by atoms with van der Waals surface area (Å²) in [5.41, 5.74) is 1.41. The fourth-order valence-electron chi connectivity index (χ4n) is 2.28. The number of carbonyl (C=O) groups is 2. The molecule has 1 aromatic carbocycles. The fourth-order valence-corrected chi connectivity index (χ4v) is 2.28. The molecule has 0 bridgehead atoms. The van der Waals surface area contributed by atoms with Crippen molar-refractivity contribution >= 4 is 23.2 Å². The Hall–Kier alpha value is -1.92. The Kier molecular flexibility index (Phi) is 5.71. The molecule has 6 nitrogen and oxygen atoms in total. The maximum atomic E-state index is 12.1. The standard InChI is InChI=1S/C15H21N3O3/c1-21-10-14(19)17-12-4-6-13(7-5-12)18-15(20)11-3-2-8-16-9-11/h4-7,11,16H,2-3,8-10H2,1H3,(H,17,19)(H,18,20). The van der Waals surface area contributed by atoms with E-state index in [4.69, 9.17) is 4.74 Å². The molecule has 6 heteroatoms. The molecule has 2 rings (SSSR count). The van der Waals surface area contributed by atoms with Gasteiger partial charge in [-0.1, -0.05) is 0 Å². The first-order valence-corrected chi connectivity index (χ1v) is 7.09. The molecule has 21 heavy (non-hydrogen) atoms. The number of methoxy groups -OCH3 is 1. The van der Waals surface area contributed by atoms with Crippen molar-refractivity contribution in [3.63, 3.8) is 0 Å². The molecule has 0 aromatic heterocycles. The van der Waals surface area contributed by atoms with Crippen molar-refractivity contribution in [3.8, 4) is 0 Å². The van der Waals surface area contributed by atoms with Crippen LogP contribution in [0.3, 0.4) is 0 Å². The maximum Gasteiger partial charge on any atom is 0.250 e. The monoisotopic (exact) mass is 291 g/mol. The van der Waals surface area contributed by atoms with Crippen molar-refractivity contribution in [2.75, 3.05) is 37.4 Å². The van der Waals surface area contributed by atoms with Crippen LogP contribution in [0.15, 0.2) is 24.3 Å². The number of hydrogen-bond acceptors (Lipinski definition) is 4. The van der Waals surface area contributed by atoms with Crippen molar-refractivity contribution in [2.45, 2.75) is 12.8 Å². The van der Waals surface area contributed by atoms with Crippen LogP contribution in [-0.4, -0.2) is 38.6 Å². The van der Waals surface area contributed by atoms with Crippen LogP contribution in [0, 0.1) is 5.92 Å². The van der Waals surface area contributed by atoms with E-state index >= 15 is 0 Å². The summed E-state index contributed by atoms with van der Waals surface area (Å²) in [6.45, 7) is 1.74. The second-order valence-corrected chi connectivity index (χ2v) is 5.09. The number of amides is 2. The number of rotatable bonds is 5. The van der Waals surface area contributed by atoms with Gasteiger partial charge in [0.25, 0.3) is 0 Å². The Morgan fingerprint density at radius 2 is 1.90 bits per heavy atom. The first-order chi connectivity index (χ1) is 10.2. The minimum Gasteiger partial charge on any atom is -0.375 e. The van der Waals surface area contributed by atoms with E-state index in [1.165, 1.54) is 7.11 Å². The summed E-state index contributed by atoms with van der Waals surface area (Å²) >= 11 is 0. The van der Waals surface area contributed by atoms with E-state index in [9.17, 15) is 9.59 Å². The summed E-state index contributed by atoms with van der Waals surface area (Å²) in [6, 6.07) is 7.05. The van der Waals surface area contributed by atoms with Gasteiger partial charge in [-0.25, -0.2) is 0 Å². The first kappa shape index (κ1) is 15.5. The molecule has 0 spiro atoms. The number of anilines is 2. The van der Waals surface area contributed by atoms with Crippen LogP contribution in [0.25, 0.3) is 0 Å². The van der Waals surface area contributed by atoms with E-state index in [0.29, 0.717) is 5.69 Å². The normalized spacial score (nSPS) is 18.0. The van der Waals surface area contributed by atoms with Gasteiger partial charge >= 0.3 is 0 Å². The largest absolute Gasteiger partial charge is 0.375 e. The topological polar surface area (TPSA) is 79.5 Å². The molecule has 0 saturated carbocycles. The second kappa shape index (κ2) is 7.75. The summed E-state index contributed by atoms with van der Waals surface area (Å²) in [6.07, 6.45) is 1.95. The zero-order chi connectivity index (χ0) is 15.1. The number of nitrogens with one attached hydrogen (secondary N) is 3. The summed E-state index contributed by atoms with van der Waals surface area (Å²) < 4.78 is 4.74. The Labute approximate surface area is 124 Å². The highest BCUT2D eigenvalue weighted by molar-refractivity contribution is 5.94. The molecule has 1 saturated heterocycles. The van der Waals surface area contributed by atoms with E-state index < -0.39 is 0 Å². The molecule has 1 aliphatic heterocycles. The van der Waals surface area contributed by atoms with Crippen LogP contribution < -0.4 is 16.0 Å². The number of piperidine rings is 1. The molecular formula is C15H21N3O3. The van der Waals surface area contributed by atoms with Gasteiger partial charge in [-0.2, -0.15) is 0 Å². The third kappa shape index (κ3) is 4.84. The number of ether oxygens (including phenoxy) is 1. The molecule has 1 fully saturated rings. The van der Waals surface area contributed by atoms with Crippen molar-refractivity contribution in [2.24, 2.45) is 5.92 Å². The number of hydrogen-bond donors (Lipinski definition) is 3. The summed E-state index contributed by atoms with van der Waals surface area (Å²) in [5.74, 6) is -0.138. The molecule has 0 aliphatic carbocycles. The Morgan fingerprint density at radius 3 is 2.48 bits per heavy atom. The third-order valence-corrected chi connectivity index (χ3v) is 3.38. The van der Waals surface area contributed by atoms with E-state index in [2.05, 4.69) is 16.0 Å². The molecule has 114 valence electrons. The van der Waals surface area contributed by atoms with Gasteiger partial charge in [0.05, 0.1) is 5.92 Å². The van der Waals surface area contributed by atoms with Crippen LogP contribution >= 0.6 is 0 Å². The highest BCUT2D eigenvalue weighted by atomic mass is 16.5. The molecule has 2 amide bonds. The maximum absolute atomic E-state index is 12.1. The number of benzene rings is 1. The van der Waals surface area contributed by atoms with E-state index in [1.807, 2.05) is 0 Å². The fraction of sp³-hybridized carbons (Fsp3) is 0.467. The Bertz CT molecular complexity index is 481. The van der Waals surface area contributed by atoms with Gasteiger partial charge in [-0.15, -0.1) is 0 Å². The highest BCUT2D eigenvalue weighted by Gasteiger charge is 2.20. The lowest BCUT2D eigenvalue weighted by atomic mass is 9.99. The molecule has 0 radical (unpaired) electrons. The summed E-state index contributed by atoms with van der Waals surface area (Å²) in [7, 11) is 1.47. The van der Waals surface area contributed by atoms with Gasteiger partial charge in [-0.05, 0) is 43.7 Å². The average molecular weight is 291 g/mol. The lowest BCUT2D eigenvalue weighted by Gasteiger charge is -2.21. The van der Waals surface area contributed by atoms with Crippen molar-refractivity contribution in [1.82, 2.24) is 5.32 Å². The van der Waals surface area contributed by atoms with Crippen LogP contribution in [0.5, 0.6) is 0 Å². The molecule has 1 aliphatic rings. The number of carbonyl (C=O) groups excluding carboxylic acids is 2. The zero-order valence-electron chi connectivity index (χ0n) is 12.1. The highest BCUT2D eigenvalue weighted by Crippen LogP contribution is 2.16. The van der Waals surface area contributed by atoms with Gasteiger partial charge < -0.3 is 20.7 Å². The Morgan fingerprint density at radius 1 is 1.24 bits per heavy atom. The molecule has 1 unspecified atom stereocenters. The smallest absolute Gasteiger partial charge is 0.250 e. The predicted octanol–water partition coefficient (Wildman–Crippen LogP) is 1.21. The third-order valence-electron chi connectivity index (χ3n) is 3.38. The van der Waals surface area contributed by atoms with Gasteiger partial charge in [0, 0.05) is 25.0 Å². The van der Waals surface area contributed by atoms with Gasteiger partial charge in [0.15, 0.2) is 0 Å². The van der Waals surface area contributed by atoms with E-state index in [1.54, 1.807) is 24.3 Å². The van der Waals surface area contributed by atoms with Crippen LogP contribution in [-0.2, 0) is 14.3 Å². The van der Waals surface area contributed by atoms with E-state index in [-0.39, 0.29) is 24.3 Å². The van der Waals surface area contributed by atoms with Gasteiger partial charge in [-0.3, -0.25) is 9.59 Å². The quantitative estimate of drug-likeness (QED) is 0.762. The van der Waals surface area contributed by atoms with Crippen molar-refractivity contribution in [1.29, 1.82) is 0 Å². The van der Waals surface area contributed by atoms with Gasteiger partial charge in [0.2, 0.25) is 11.8 Å². The summed E-state index contributed by atoms with van der Waals surface area (Å²) in [5, 5.41) is 8.83. The molecular weight excluding hydrogens is 270 g/mol. The molecule has 1 aromatic rings. The lowest BCUT2D eigenvalue weighted by Crippen LogP contribution is -2.37. The minimum atomic E-state index is -0.206. The SMILES string of the molecule is COCC(=O)Nc1ccc(NC(=O)C2CCCNC2)cc1. The zero-order valence-corrected chi connectivity index (χ0v) is 12.1. The average Bonchev–Trinajstić information content (AvgIpc) is 2.50. The molecule has 3 N–H and O–H groups in total. The first-order valence-electron chi connectivity index (χ1n) is 7.09. The van der Waals surface area contributed by atoms with Crippen LogP contribution in [0.1, 0.15) is 12.8 Å². The van der Waals surface area contributed by atoms with Crippen LogP contribution in [0.4, 0.5) is 11.4 Å². The summed E-state index contributed by atoms with van der Waals surface area (Å²) in [4.78, 5) is 23.4. The lowest BCUT2D eigenvalue weighted by molar-refractivity contribution is -0.120. The molecule has 1 atom stereocenters. The predicted molar refractivity (Wildman–Crippen MR) is 81.2 cm³/mol. The van der Waals surface area contributed by atoms with E-state index in [0.717, 1.165) is 31.6 Å².